The summed E-state index contributed by atoms with van der Waals surface area (Å²) in [6, 6.07) is 18.2. The van der Waals surface area contributed by atoms with Gasteiger partial charge in [-0.2, -0.15) is 0 Å². The summed E-state index contributed by atoms with van der Waals surface area (Å²) in [5.74, 6) is 0. The fourth-order valence-corrected chi connectivity index (χ4v) is 2.43. The highest BCUT2D eigenvalue weighted by molar-refractivity contribution is 7.99. The van der Waals surface area contributed by atoms with Crippen molar-refractivity contribution in [2.24, 2.45) is 0 Å². The molecule has 82 valence electrons. The summed E-state index contributed by atoms with van der Waals surface area (Å²) in [6.07, 6.45) is 0. The van der Waals surface area contributed by atoms with Gasteiger partial charge in [-0.25, -0.2) is 0 Å². The first-order chi connectivity index (χ1) is 7.75. The van der Waals surface area contributed by atoms with Crippen molar-refractivity contribution in [3.05, 3.63) is 60.2 Å². The van der Waals surface area contributed by atoms with Crippen LogP contribution in [0.3, 0.4) is 0 Å². The van der Waals surface area contributed by atoms with E-state index in [4.69, 9.17) is 23.2 Å². The van der Waals surface area contributed by atoms with Crippen LogP contribution in [0.15, 0.2) is 64.4 Å². The van der Waals surface area contributed by atoms with E-state index < -0.39 is 4.84 Å². The van der Waals surface area contributed by atoms with Gasteiger partial charge in [0.25, 0.3) is 0 Å². The molecule has 0 amide bonds. The maximum atomic E-state index is 5.77. The van der Waals surface area contributed by atoms with E-state index >= 15 is 0 Å². The molecule has 0 N–H and O–H groups in total. The minimum atomic E-state index is -0.448. The number of halogens is 2. The van der Waals surface area contributed by atoms with Crippen molar-refractivity contribution in [2.75, 3.05) is 0 Å². The maximum Gasteiger partial charge on any atom is 0.132 e. The van der Waals surface area contributed by atoms with Crippen LogP contribution < -0.4 is 0 Å². The molecule has 2 rings (SSSR count). The molecule has 0 saturated carbocycles. The largest absolute Gasteiger partial charge is 0.132 e. The Balaban J connectivity index is 2.11. The van der Waals surface area contributed by atoms with Crippen molar-refractivity contribution < 1.29 is 0 Å². The lowest BCUT2D eigenvalue weighted by atomic mass is 10.2. The lowest BCUT2D eigenvalue weighted by Crippen LogP contribution is -1.80. The maximum absolute atomic E-state index is 5.77. The van der Waals surface area contributed by atoms with Gasteiger partial charge in [-0.1, -0.05) is 42.1 Å². The summed E-state index contributed by atoms with van der Waals surface area (Å²) in [4.78, 5) is 1.96. The zero-order chi connectivity index (χ0) is 11.4. The van der Waals surface area contributed by atoms with Gasteiger partial charge in [0.05, 0.1) is 0 Å². The molecule has 2 aromatic rings. The Bertz CT molecular complexity index is 437. The standard InChI is InChI=1S/C13H10Cl2S/c14-13(15)10-6-8-12(9-7-10)16-11-4-2-1-3-5-11/h1-9,13H. The summed E-state index contributed by atoms with van der Waals surface area (Å²) in [5, 5.41) is 0. The normalized spacial score (nSPS) is 10.7. The lowest BCUT2D eigenvalue weighted by Gasteiger charge is -2.04. The monoisotopic (exact) mass is 268 g/mol. The SMILES string of the molecule is ClC(Cl)c1ccc(Sc2ccccc2)cc1. The van der Waals surface area contributed by atoms with Crippen LogP contribution in [0.2, 0.25) is 0 Å². The lowest BCUT2D eigenvalue weighted by molar-refractivity contribution is 1.30. The molecule has 0 fully saturated rings. The summed E-state index contributed by atoms with van der Waals surface area (Å²) in [6.45, 7) is 0. The number of benzene rings is 2. The summed E-state index contributed by atoms with van der Waals surface area (Å²) < 4.78 is 0. The number of hydrogen-bond acceptors (Lipinski definition) is 1. The van der Waals surface area contributed by atoms with Gasteiger partial charge in [-0.3, -0.25) is 0 Å². The minimum absolute atomic E-state index is 0.448. The van der Waals surface area contributed by atoms with E-state index in [1.165, 1.54) is 9.79 Å². The minimum Gasteiger partial charge on any atom is -0.100 e. The first-order valence-electron chi connectivity index (χ1n) is 4.87. The third kappa shape index (κ3) is 3.18. The fourth-order valence-electron chi connectivity index (χ4n) is 1.31. The molecule has 0 radical (unpaired) electrons. The van der Waals surface area contributed by atoms with Gasteiger partial charge >= 0.3 is 0 Å². The van der Waals surface area contributed by atoms with Gasteiger partial charge in [0.1, 0.15) is 4.84 Å². The number of hydrogen-bond donors (Lipinski definition) is 0. The van der Waals surface area contributed by atoms with Gasteiger partial charge in [0.15, 0.2) is 0 Å². The third-order valence-electron chi connectivity index (χ3n) is 2.11. The molecule has 0 aromatic heterocycles. The molecule has 0 spiro atoms. The second-order valence-electron chi connectivity index (χ2n) is 3.28. The van der Waals surface area contributed by atoms with Crippen LogP contribution in [0.5, 0.6) is 0 Å². The van der Waals surface area contributed by atoms with E-state index in [2.05, 4.69) is 12.1 Å². The second kappa shape index (κ2) is 5.62. The molecule has 0 aliphatic heterocycles. The van der Waals surface area contributed by atoms with Gasteiger partial charge in [0.2, 0.25) is 0 Å². The molecule has 0 aliphatic carbocycles. The zero-order valence-corrected chi connectivity index (χ0v) is 10.8. The number of rotatable bonds is 3. The Hall–Kier alpha value is -0.630. The summed E-state index contributed by atoms with van der Waals surface area (Å²) in [5.41, 5.74) is 0.931. The van der Waals surface area contributed by atoms with E-state index in [0.717, 1.165) is 5.56 Å². The van der Waals surface area contributed by atoms with E-state index in [1.54, 1.807) is 11.8 Å². The van der Waals surface area contributed by atoms with Crippen LogP contribution in [0.25, 0.3) is 0 Å². The Morgan fingerprint density at radius 2 is 1.31 bits per heavy atom. The molecule has 0 nitrogen and oxygen atoms in total. The first kappa shape index (κ1) is 11.8. The fraction of sp³-hybridized carbons (Fsp3) is 0.0769. The average Bonchev–Trinajstić information content (AvgIpc) is 2.31. The Labute approximate surface area is 110 Å². The Morgan fingerprint density at radius 1 is 0.750 bits per heavy atom. The summed E-state index contributed by atoms with van der Waals surface area (Å²) in [7, 11) is 0. The Morgan fingerprint density at radius 3 is 1.88 bits per heavy atom. The van der Waals surface area contributed by atoms with Crippen LogP contribution in [0.1, 0.15) is 10.4 Å². The van der Waals surface area contributed by atoms with Crippen LogP contribution in [-0.2, 0) is 0 Å². The van der Waals surface area contributed by atoms with Crippen LogP contribution in [-0.4, -0.2) is 0 Å². The van der Waals surface area contributed by atoms with Gasteiger partial charge in [-0.05, 0) is 29.8 Å². The topological polar surface area (TPSA) is 0 Å². The quantitative estimate of drug-likeness (QED) is 0.680. The molecule has 0 atom stereocenters. The van der Waals surface area contributed by atoms with E-state index in [-0.39, 0.29) is 0 Å². The molecule has 0 heterocycles. The number of alkyl halides is 2. The van der Waals surface area contributed by atoms with E-state index in [1.807, 2.05) is 42.5 Å². The van der Waals surface area contributed by atoms with Crippen LogP contribution in [0, 0.1) is 0 Å². The third-order valence-corrected chi connectivity index (χ3v) is 3.63. The molecular formula is C13H10Cl2S. The highest BCUT2D eigenvalue weighted by atomic mass is 35.5. The van der Waals surface area contributed by atoms with Crippen molar-refractivity contribution in [2.45, 2.75) is 14.6 Å². The molecule has 0 bridgehead atoms. The van der Waals surface area contributed by atoms with Crippen molar-refractivity contribution >= 4 is 35.0 Å². The van der Waals surface area contributed by atoms with Gasteiger partial charge < -0.3 is 0 Å². The molecule has 2 aromatic carbocycles. The van der Waals surface area contributed by atoms with Crippen LogP contribution >= 0.6 is 35.0 Å². The Kier molecular flexibility index (Phi) is 4.16. The van der Waals surface area contributed by atoms with Crippen LogP contribution in [0.4, 0.5) is 0 Å². The zero-order valence-electron chi connectivity index (χ0n) is 8.44. The van der Waals surface area contributed by atoms with Crippen molar-refractivity contribution in [3.63, 3.8) is 0 Å². The van der Waals surface area contributed by atoms with Crippen molar-refractivity contribution in [3.8, 4) is 0 Å². The molecular weight excluding hydrogens is 259 g/mol. The predicted octanol–water partition coefficient (Wildman–Crippen LogP) is 5.31. The molecule has 0 unspecified atom stereocenters. The highest BCUT2D eigenvalue weighted by Crippen LogP contribution is 2.30. The highest BCUT2D eigenvalue weighted by Gasteiger charge is 2.03. The predicted molar refractivity (Wildman–Crippen MR) is 71.5 cm³/mol. The van der Waals surface area contributed by atoms with E-state index in [0.29, 0.717) is 0 Å². The van der Waals surface area contributed by atoms with E-state index in [9.17, 15) is 0 Å². The molecule has 3 heteroatoms. The second-order valence-corrected chi connectivity index (χ2v) is 5.53. The van der Waals surface area contributed by atoms with Gasteiger partial charge in [-0.15, -0.1) is 23.2 Å². The summed E-state index contributed by atoms with van der Waals surface area (Å²) >= 11 is 13.3. The first-order valence-corrected chi connectivity index (χ1v) is 6.55. The molecule has 0 aliphatic rings. The molecule has 16 heavy (non-hydrogen) atoms. The van der Waals surface area contributed by atoms with Crippen molar-refractivity contribution in [1.82, 2.24) is 0 Å². The smallest absolute Gasteiger partial charge is 0.100 e. The van der Waals surface area contributed by atoms with Crippen molar-refractivity contribution in [1.29, 1.82) is 0 Å². The average molecular weight is 269 g/mol. The van der Waals surface area contributed by atoms with Gasteiger partial charge in [0, 0.05) is 9.79 Å². The molecule has 0 saturated heterocycles.